The molecule has 0 aromatic carbocycles. The molecule has 0 unspecified atom stereocenters. The van der Waals surface area contributed by atoms with Gasteiger partial charge in [-0.05, 0) is 51.2 Å². The number of hydrogen-bond donors (Lipinski definition) is 0. The van der Waals surface area contributed by atoms with Gasteiger partial charge in [0.05, 0.1) is 0 Å². The van der Waals surface area contributed by atoms with E-state index in [0.717, 1.165) is 5.92 Å². The molecule has 1 nitrogen and oxygen atoms in total. The van der Waals surface area contributed by atoms with Gasteiger partial charge in [0.15, 0.2) is 0 Å². The summed E-state index contributed by atoms with van der Waals surface area (Å²) in [5.74, 6) is 0.865. The van der Waals surface area contributed by atoms with Crippen LogP contribution in [-0.4, -0.2) is 24.5 Å². The quantitative estimate of drug-likeness (QED) is 0.544. The second kappa shape index (κ2) is 9.51. The van der Waals surface area contributed by atoms with Crippen LogP contribution in [0.15, 0.2) is 0 Å². The van der Waals surface area contributed by atoms with E-state index >= 15 is 0 Å². The predicted molar refractivity (Wildman–Crippen MR) is 65.7 cm³/mol. The minimum atomic E-state index is 0.865. The Kier molecular flexibility index (Phi) is 9.49. The Morgan fingerprint density at radius 1 is 0.857 bits per heavy atom. The summed E-state index contributed by atoms with van der Waals surface area (Å²) in [6.07, 6.45) is 6.74. The van der Waals surface area contributed by atoms with Crippen LogP contribution in [0.4, 0.5) is 0 Å². The number of nitrogens with zero attached hydrogens (tertiary/aromatic N) is 1. The summed E-state index contributed by atoms with van der Waals surface area (Å²) in [6, 6.07) is 0. The van der Waals surface area contributed by atoms with E-state index in [9.17, 15) is 0 Å². The van der Waals surface area contributed by atoms with Crippen LogP contribution >= 0.6 is 0 Å². The zero-order valence-electron chi connectivity index (χ0n) is 10.7. The highest BCUT2D eigenvalue weighted by Gasteiger charge is 2.03. The van der Waals surface area contributed by atoms with Crippen LogP contribution in [0.2, 0.25) is 0 Å². The summed E-state index contributed by atoms with van der Waals surface area (Å²) in [6.45, 7) is 13.1. The van der Waals surface area contributed by atoms with E-state index in [1.165, 1.54) is 51.7 Å². The lowest BCUT2D eigenvalue weighted by Gasteiger charge is -2.21. The van der Waals surface area contributed by atoms with Crippen molar-refractivity contribution in [1.29, 1.82) is 0 Å². The molecule has 0 saturated carbocycles. The molecule has 0 aliphatic heterocycles. The molecule has 0 saturated heterocycles. The van der Waals surface area contributed by atoms with Crippen molar-refractivity contribution in [2.75, 3.05) is 19.6 Å². The highest BCUT2D eigenvalue weighted by molar-refractivity contribution is 4.58. The minimum absolute atomic E-state index is 0.865. The maximum Gasteiger partial charge on any atom is -0.00186 e. The molecule has 0 rings (SSSR count). The molecule has 0 radical (unpaired) electrons. The molecule has 1 heteroatoms. The molecule has 0 atom stereocenters. The van der Waals surface area contributed by atoms with Crippen LogP contribution in [0.25, 0.3) is 0 Å². The van der Waals surface area contributed by atoms with E-state index in [1.54, 1.807) is 0 Å². The van der Waals surface area contributed by atoms with Gasteiger partial charge in [-0.1, -0.05) is 34.1 Å². The average molecular weight is 199 g/mol. The first-order chi connectivity index (χ1) is 6.70. The van der Waals surface area contributed by atoms with Crippen molar-refractivity contribution < 1.29 is 0 Å². The summed E-state index contributed by atoms with van der Waals surface area (Å²) in [5, 5.41) is 0. The van der Waals surface area contributed by atoms with Crippen molar-refractivity contribution in [2.24, 2.45) is 5.92 Å². The Morgan fingerprint density at radius 2 is 1.50 bits per heavy atom. The maximum absolute atomic E-state index is 2.63. The summed E-state index contributed by atoms with van der Waals surface area (Å²) >= 11 is 0. The van der Waals surface area contributed by atoms with Crippen LogP contribution in [-0.2, 0) is 0 Å². The first-order valence-electron chi connectivity index (χ1n) is 6.43. The Balaban J connectivity index is 3.50. The predicted octanol–water partition coefficient (Wildman–Crippen LogP) is 3.93. The maximum atomic E-state index is 2.63. The van der Waals surface area contributed by atoms with Gasteiger partial charge in [-0.2, -0.15) is 0 Å². The van der Waals surface area contributed by atoms with E-state index in [1.807, 2.05) is 0 Å². The molecule has 14 heavy (non-hydrogen) atoms. The number of rotatable bonds is 9. The second-order valence-corrected chi connectivity index (χ2v) is 4.73. The lowest BCUT2D eigenvalue weighted by molar-refractivity contribution is 0.259. The molecule has 0 aromatic heterocycles. The van der Waals surface area contributed by atoms with Gasteiger partial charge >= 0.3 is 0 Å². The lowest BCUT2D eigenvalue weighted by atomic mass is 10.1. The van der Waals surface area contributed by atoms with Gasteiger partial charge in [-0.3, -0.25) is 0 Å². The largest absolute Gasteiger partial charge is 0.303 e. The first-order valence-corrected chi connectivity index (χ1v) is 6.43. The topological polar surface area (TPSA) is 3.24 Å². The van der Waals surface area contributed by atoms with Gasteiger partial charge in [0.1, 0.15) is 0 Å². The zero-order chi connectivity index (χ0) is 10.8. The van der Waals surface area contributed by atoms with Gasteiger partial charge in [-0.25, -0.2) is 0 Å². The molecular formula is C13H29N. The van der Waals surface area contributed by atoms with Crippen molar-refractivity contribution in [3.05, 3.63) is 0 Å². The van der Waals surface area contributed by atoms with Crippen LogP contribution in [0.1, 0.15) is 59.8 Å². The molecule has 0 N–H and O–H groups in total. The van der Waals surface area contributed by atoms with Crippen molar-refractivity contribution in [2.45, 2.75) is 59.8 Å². The third-order valence-corrected chi connectivity index (χ3v) is 2.62. The number of hydrogen-bond acceptors (Lipinski definition) is 1. The summed E-state index contributed by atoms with van der Waals surface area (Å²) < 4.78 is 0. The van der Waals surface area contributed by atoms with E-state index in [0.29, 0.717) is 0 Å². The van der Waals surface area contributed by atoms with Crippen molar-refractivity contribution in [3.63, 3.8) is 0 Å². The van der Waals surface area contributed by atoms with Crippen LogP contribution in [0, 0.1) is 5.92 Å². The van der Waals surface area contributed by atoms with Crippen LogP contribution in [0.5, 0.6) is 0 Å². The Bertz CT molecular complexity index is 110. The highest BCUT2D eigenvalue weighted by Crippen LogP contribution is 2.06. The number of unbranched alkanes of at least 4 members (excludes halogenated alkanes) is 1. The average Bonchev–Trinajstić information content (AvgIpc) is 2.13. The van der Waals surface area contributed by atoms with Gasteiger partial charge in [0.25, 0.3) is 0 Å². The SMILES string of the molecule is CCCCN(CCC)CCCC(C)C. The summed E-state index contributed by atoms with van der Waals surface area (Å²) in [7, 11) is 0. The zero-order valence-corrected chi connectivity index (χ0v) is 10.7. The normalized spacial score (nSPS) is 11.6. The molecule has 0 bridgehead atoms. The molecular weight excluding hydrogens is 170 g/mol. The Hall–Kier alpha value is -0.0400. The molecule has 0 heterocycles. The van der Waals surface area contributed by atoms with E-state index in [4.69, 9.17) is 0 Å². The van der Waals surface area contributed by atoms with Crippen molar-refractivity contribution in [3.8, 4) is 0 Å². The third kappa shape index (κ3) is 8.55. The third-order valence-electron chi connectivity index (χ3n) is 2.62. The Morgan fingerprint density at radius 3 is 2.00 bits per heavy atom. The van der Waals surface area contributed by atoms with Gasteiger partial charge in [-0.15, -0.1) is 0 Å². The van der Waals surface area contributed by atoms with Crippen LogP contribution in [0.3, 0.4) is 0 Å². The smallest absolute Gasteiger partial charge is 0.00186 e. The Labute approximate surface area is 90.9 Å². The minimum Gasteiger partial charge on any atom is -0.303 e. The fourth-order valence-corrected chi connectivity index (χ4v) is 1.76. The summed E-state index contributed by atoms with van der Waals surface area (Å²) in [4.78, 5) is 2.63. The van der Waals surface area contributed by atoms with Crippen LogP contribution < -0.4 is 0 Å². The molecule has 0 spiro atoms. The molecule has 0 fully saturated rings. The second-order valence-electron chi connectivity index (χ2n) is 4.73. The first kappa shape index (κ1) is 14.0. The fraction of sp³-hybridized carbons (Fsp3) is 1.00. The highest BCUT2D eigenvalue weighted by atomic mass is 15.1. The van der Waals surface area contributed by atoms with Gasteiger partial charge < -0.3 is 4.90 Å². The lowest BCUT2D eigenvalue weighted by Crippen LogP contribution is -2.27. The monoisotopic (exact) mass is 199 g/mol. The fourth-order valence-electron chi connectivity index (χ4n) is 1.76. The van der Waals surface area contributed by atoms with Crippen molar-refractivity contribution in [1.82, 2.24) is 4.90 Å². The molecule has 0 aromatic rings. The van der Waals surface area contributed by atoms with Gasteiger partial charge in [0.2, 0.25) is 0 Å². The summed E-state index contributed by atoms with van der Waals surface area (Å²) in [5.41, 5.74) is 0. The molecule has 86 valence electrons. The van der Waals surface area contributed by atoms with Crippen molar-refractivity contribution >= 4 is 0 Å². The molecule has 0 amide bonds. The van der Waals surface area contributed by atoms with E-state index in [2.05, 4.69) is 32.6 Å². The van der Waals surface area contributed by atoms with Gasteiger partial charge in [0, 0.05) is 0 Å². The standard InChI is InChI=1S/C13H29N/c1-5-7-11-14(10-6-2)12-8-9-13(3)4/h13H,5-12H2,1-4H3. The van der Waals surface area contributed by atoms with E-state index < -0.39 is 0 Å². The molecule has 0 aliphatic rings. The van der Waals surface area contributed by atoms with E-state index in [-0.39, 0.29) is 0 Å². The molecule has 0 aliphatic carbocycles.